The van der Waals surface area contributed by atoms with E-state index in [2.05, 4.69) is 5.32 Å². The van der Waals surface area contributed by atoms with E-state index in [9.17, 15) is 27.6 Å². The molecule has 1 saturated heterocycles. The number of urea groups is 1. The Labute approximate surface area is 167 Å². The van der Waals surface area contributed by atoms with Crippen molar-refractivity contribution >= 4 is 17.8 Å². The van der Waals surface area contributed by atoms with E-state index in [4.69, 9.17) is 0 Å². The van der Waals surface area contributed by atoms with Crippen LogP contribution in [-0.2, 0) is 16.1 Å². The van der Waals surface area contributed by atoms with Crippen molar-refractivity contribution in [3.8, 4) is 0 Å². The number of benzene rings is 1. The van der Waals surface area contributed by atoms with Gasteiger partial charge in [0, 0.05) is 33.1 Å². The van der Waals surface area contributed by atoms with Gasteiger partial charge in [0.1, 0.15) is 12.6 Å². The van der Waals surface area contributed by atoms with Crippen LogP contribution in [0.15, 0.2) is 30.3 Å². The van der Waals surface area contributed by atoms with Gasteiger partial charge in [-0.2, -0.15) is 13.2 Å². The zero-order valence-corrected chi connectivity index (χ0v) is 16.2. The van der Waals surface area contributed by atoms with Crippen LogP contribution in [0.2, 0.25) is 0 Å². The maximum absolute atomic E-state index is 12.4. The third-order valence-electron chi connectivity index (χ3n) is 4.56. The summed E-state index contributed by atoms with van der Waals surface area (Å²) >= 11 is 0. The van der Waals surface area contributed by atoms with Crippen molar-refractivity contribution in [3.63, 3.8) is 0 Å². The van der Waals surface area contributed by atoms with Crippen molar-refractivity contribution < 1.29 is 27.6 Å². The van der Waals surface area contributed by atoms with Crippen molar-refractivity contribution in [1.82, 2.24) is 20.4 Å². The van der Waals surface area contributed by atoms with Gasteiger partial charge in [-0.3, -0.25) is 9.59 Å². The lowest BCUT2D eigenvalue weighted by molar-refractivity contribution is -0.144. The van der Waals surface area contributed by atoms with Crippen molar-refractivity contribution in [2.45, 2.75) is 38.0 Å². The number of amides is 4. The van der Waals surface area contributed by atoms with E-state index in [-0.39, 0.29) is 24.9 Å². The molecular weight excluding hydrogens is 389 g/mol. The molecule has 0 spiro atoms. The van der Waals surface area contributed by atoms with E-state index in [0.717, 1.165) is 5.56 Å². The molecule has 1 fully saturated rings. The number of nitrogens with zero attached hydrogens (tertiary/aromatic N) is 2. The van der Waals surface area contributed by atoms with E-state index < -0.39 is 24.7 Å². The average molecular weight is 414 g/mol. The fourth-order valence-corrected chi connectivity index (χ4v) is 3.13. The Morgan fingerprint density at radius 3 is 2.52 bits per heavy atom. The highest BCUT2D eigenvalue weighted by Crippen LogP contribution is 2.19. The molecule has 7 nitrogen and oxygen atoms in total. The highest BCUT2D eigenvalue weighted by atomic mass is 19.4. The molecule has 0 bridgehead atoms. The Balaban J connectivity index is 1.76. The minimum atomic E-state index is -4.50. The fourth-order valence-electron chi connectivity index (χ4n) is 3.13. The molecule has 1 aromatic rings. The molecule has 10 heteroatoms. The van der Waals surface area contributed by atoms with Gasteiger partial charge in [-0.05, 0) is 18.4 Å². The Morgan fingerprint density at radius 2 is 1.86 bits per heavy atom. The lowest BCUT2D eigenvalue weighted by Gasteiger charge is -2.24. The van der Waals surface area contributed by atoms with Gasteiger partial charge in [0.05, 0.1) is 0 Å². The zero-order chi connectivity index (χ0) is 21.4. The number of alkyl halides is 3. The molecule has 1 aliphatic heterocycles. The van der Waals surface area contributed by atoms with Crippen molar-refractivity contribution in [3.05, 3.63) is 35.9 Å². The Hall–Kier alpha value is -2.78. The minimum absolute atomic E-state index is 0.0338. The van der Waals surface area contributed by atoms with Crippen LogP contribution in [0.1, 0.15) is 24.8 Å². The summed E-state index contributed by atoms with van der Waals surface area (Å²) in [4.78, 5) is 39.2. The van der Waals surface area contributed by atoms with Crippen LogP contribution in [-0.4, -0.2) is 66.5 Å². The first-order valence-electron chi connectivity index (χ1n) is 9.34. The van der Waals surface area contributed by atoms with Crippen LogP contribution in [0.25, 0.3) is 0 Å². The zero-order valence-electron chi connectivity index (χ0n) is 16.2. The first-order chi connectivity index (χ1) is 13.7. The monoisotopic (exact) mass is 414 g/mol. The van der Waals surface area contributed by atoms with Gasteiger partial charge in [-0.1, -0.05) is 30.3 Å². The predicted octanol–water partition coefficient (Wildman–Crippen LogP) is 1.89. The molecule has 1 heterocycles. The fraction of sp³-hybridized carbons (Fsp3) is 0.526. The van der Waals surface area contributed by atoms with Crippen molar-refractivity contribution in [2.75, 3.05) is 26.7 Å². The topological polar surface area (TPSA) is 81.8 Å². The van der Waals surface area contributed by atoms with E-state index in [1.807, 2.05) is 35.6 Å². The van der Waals surface area contributed by atoms with E-state index >= 15 is 0 Å². The number of carbonyl (C=O) groups excluding carboxylic acids is 3. The lowest BCUT2D eigenvalue weighted by Crippen LogP contribution is -2.48. The lowest BCUT2D eigenvalue weighted by atomic mass is 10.2. The van der Waals surface area contributed by atoms with E-state index in [0.29, 0.717) is 25.9 Å². The molecule has 0 aromatic heterocycles. The first-order valence-corrected chi connectivity index (χ1v) is 9.34. The second kappa shape index (κ2) is 10.1. The molecule has 0 radical (unpaired) electrons. The highest BCUT2D eigenvalue weighted by Gasteiger charge is 2.36. The largest absolute Gasteiger partial charge is 0.405 e. The summed E-state index contributed by atoms with van der Waals surface area (Å²) in [5.74, 6) is -1.18. The number of likely N-dealkylation sites (tertiary alicyclic amines) is 1. The molecule has 4 amide bonds. The molecular formula is C19H25F3N4O3. The van der Waals surface area contributed by atoms with Crippen molar-refractivity contribution in [1.29, 1.82) is 0 Å². The van der Waals surface area contributed by atoms with Crippen LogP contribution >= 0.6 is 0 Å². The van der Waals surface area contributed by atoms with Gasteiger partial charge in [-0.25, -0.2) is 4.79 Å². The third kappa shape index (κ3) is 7.28. The number of rotatable bonds is 7. The second-order valence-electron chi connectivity index (χ2n) is 6.90. The summed E-state index contributed by atoms with van der Waals surface area (Å²) in [5, 5.41) is 4.46. The highest BCUT2D eigenvalue weighted by molar-refractivity contribution is 5.88. The molecule has 2 rings (SSSR count). The standard InChI is InChI=1S/C19H25F3N4O3/c1-25(12-14-6-3-2-4-7-14)18(29)23-10-9-16(27)26-11-5-8-15(26)17(28)24-13-19(20,21)22/h2-4,6-7,15H,5,8-13H2,1H3,(H,23,29)(H,24,28). The van der Waals surface area contributed by atoms with Crippen LogP contribution in [0.5, 0.6) is 0 Å². The minimum Gasteiger partial charge on any atom is -0.345 e. The molecule has 1 aliphatic rings. The molecule has 160 valence electrons. The van der Waals surface area contributed by atoms with E-state index in [1.54, 1.807) is 7.05 Å². The Bertz CT molecular complexity index is 712. The van der Waals surface area contributed by atoms with Gasteiger partial charge < -0.3 is 20.4 Å². The SMILES string of the molecule is CN(Cc1ccccc1)C(=O)NCCC(=O)N1CCCC1C(=O)NCC(F)(F)F. The van der Waals surface area contributed by atoms with E-state index in [1.165, 1.54) is 9.80 Å². The quantitative estimate of drug-likeness (QED) is 0.715. The number of carbonyl (C=O) groups is 3. The van der Waals surface area contributed by atoms with Gasteiger partial charge in [-0.15, -0.1) is 0 Å². The third-order valence-corrected chi connectivity index (χ3v) is 4.56. The predicted molar refractivity (Wildman–Crippen MR) is 99.7 cm³/mol. The molecule has 29 heavy (non-hydrogen) atoms. The summed E-state index contributed by atoms with van der Waals surface area (Å²) in [5.41, 5.74) is 0.964. The summed E-state index contributed by atoms with van der Waals surface area (Å²) in [6.07, 6.45) is -3.67. The number of hydrogen-bond donors (Lipinski definition) is 2. The second-order valence-corrected chi connectivity index (χ2v) is 6.90. The van der Waals surface area contributed by atoms with Crippen LogP contribution < -0.4 is 10.6 Å². The summed E-state index contributed by atoms with van der Waals surface area (Å²) < 4.78 is 36.8. The maximum Gasteiger partial charge on any atom is 0.405 e. The first kappa shape index (κ1) is 22.5. The molecule has 0 saturated carbocycles. The van der Waals surface area contributed by atoms with Gasteiger partial charge in [0.15, 0.2) is 0 Å². The van der Waals surface area contributed by atoms with Crippen molar-refractivity contribution in [2.24, 2.45) is 0 Å². The summed E-state index contributed by atoms with van der Waals surface area (Å²) in [6.45, 7) is -0.628. The van der Waals surface area contributed by atoms with Crippen LogP contribution in [0.4, 0.5) is 18.0 Å². The normalized spacial score (nSPS) is 16.4. The average Bonchev–Trinajstić information content (AvgIpc) is 3.16. The Morgan fingerprint density at radius 1 is 1.17 bits per heavy atom. The maximum atomic E-state index is 12.4. The molecule has 1 aromatic carbocycles. The molecule has 1 atom stereocenters. The smallest absolute Gasteiger partial charge is 0.345 e. The number of hydrogen-bond acceptors (Lipinski definition) is 3. The molecule has 0 aliphatic carbocycles. The summed E-state index contributed by atoms with van der Waals surface area (Å²) in [7, 11) is 1.63. The molecule has 1 unspecified atom stereocenters. The number of halogens is 3. The van der Waals surface area contributed by atoms with Gasteiger partial charge >= 0.3 is 12.2 Å². The van der Waals surface area contributed by atoms with Gasteiger partial charge in [0.25, 0.3) is 0 Å². The molecule has 2 N–H and O–H groups in total. The van der Waals surface area contributed by atoms with Gasteiger partial charge in [0.2, 0.25) is 11.8 Å². The number of nitrogens with one attached hydrogen (secondary N) is 2. The van der Waals surface area contributed by atoms with Crippen LogP contribution in [0.3, 0.4) is 0 Å². The van der Waals surface area contributed by atoms with Crippen LogP contribution in [0, 0.1) is 0 Å². The summed E-state index contributed by atoms with van der Waals surface area (Å²) in [6, 6.07) is 8.16. The Kier molecular flexibility index (Phi) is 7.86.